The molecule has 2 aromatic heterocycles. The first kappa shape index (κ1) is 18.3. The van der Waals surface area contributed by atoms with Crippen molar-refractivity contribution in [2.24, 2.45) is 0 Å². The van der Waals surface area contributed by atoms with Crippen molar-refractivity contribution in [3.63, 3.8) is 0 Å². The summed E-state index contributed by atoms with van der Waals surface area (Å²) in [5, 5.41) is 3.70. The van der Waals surface area contributed by atoms with Crippen molar-refractivity contribution in [1.82, 2.24) is 15.3 Å². The Bertz CT molecular complexity index is 579. The van der Waals surface area contributed by atoms with E-state index < -0.39 is 6.04 Å². The molecule has 2 rings (SSSR count). The molecule has 2 heterocycles. The van der Waals surface area contributed by atoms with Gasteiger partial charge in [-0.3, -0.25) is 15.1 Å². The molecular formula is C14H19ClN4O2S. The molecule has 0 radical (unpaired) electrons. The maximum absolute atomic E-state index is 12.0. The van der Waals surface area contributed by atoms with Crippen LogP contribution in [0.3, 0.4) is 0 Å². The Balaban J connectivity index is 0.00000242. The number of hydrogen-bond donors (Lipinski definition) is 2. The first-order chi connectivity index (χ1) is 10.2. The van der Waals surface area contributed by atoms with Gasteiger partial charge in [-0.25, -0.2) is 4.98 Å². The molecule has 22 heavy (non-hydrogen) atoms. The van der Waals surface area contributed by atoms with Crippen LogP contribution in [0.1, 0.15) is 17.5 Å². The molecule has 0 amide bonds. The standard InChI is InChI=1S/C14H18N4O2S.ClH/c1-2-20-13(19)12(7-10-5-3-4-6-16-10)17-8-11-9-18-14(15)21-11;/h3-6,9,12,17H,2,7-8H2,1H3,(H2,15,18);1H. The van der Waals surface area contributed by atoms with E-state index in [0.29, 0.717) is 24.7 Å². The quantitative estimate of drug-likeness (QED) is 0.746. The number of nitrogens with one attached hydrogen (secondary N) is 1. The third kappa shape index (κ3) is 5.59. The van der Waals surface area contributed by atoms with Gasteiger partial charge in [0.25, 0.3) is 0 Å². The second-order valence-corrected chi connectivity index (χ2v) is 5.52. The van der Waals surface area contributed by atoms with Crippen molar-refractivity contribution in [3.8, 4) is 0 Å². The van der Waals surface area contributed by atoms with Gasteiger partial charge in [-0.1, -0.05) is 6.07 Å². The van der Waals surface area contributed by atoms with Crippen molar-refractivity contribution in [1.29, 1.82) is 0 Å². The molecule has 0 saturated heterocycles. The normalized spacial score (nSPS) is 11.5. The Morgan fingerprint density at radius 3 is 2.86 bits per heavy atom. The summed E-state index contributed by atoms with van der Waals surface area (Å²) in [6, 6.07) is 5.19. The molecule has 0 saturated carbocycles. The summed E-state index contributed by atoms with van der Waals surface area (Å²) >= 11 is 1.40. The monoisotopic (exact) mass is 342 g/mol. The highest BCUT2D eigenvalue weighted by atomic mass is 35.5. The van der Waals surface area contributed by atoms with Crippen molar-refractivity contribution in [3.05, 3.63) is 41.2 Å². The molecule has 0 fully saturated rings. The first-order valence-electron chi connectivity index (χ1n) is 6.69. The van der Waals surface area contributed by atoms with Gasteiger partial charge in [0.05, 0.1) is 6.61 Å². The van der Waals surface area contributed by atoms with Crippen LogP contribution in [-0.2, 0) is 22.5 Å². The molecule has 120 valence electrons. The second kappa shape index (κ2) is 9.34. The number of anilines is 1. The molecule has 0 aliphatic rings. The third-order valence-corrected chi connectivity index (χ3v) is 3.63. The number of halogens is 1. The highest BCUT2D eigenvalue weighted by Gasteiger charge is 2.20. The minimum absolute atomic E-state index is 0. The molecular weight excluding hydrogens is 324 g/mol. The molecule has 0 aliphatic heterocycles. The molecule has 0 aliphatic carbocycles. The Labute approximate surface area is 139 Å². The predicted octanol–water partition coefficient (Wildman–Crippen LogP) is 1.81. The number of thiazole rings is 1. The van der Waals surface area contributed by atoms with Crippen molar-refractivity contribution in [2.45, 2.75) is 25.9 Å². The van der Waals surface area contributed by atoms with Gasteiger partial charge in [0.2, 0.25) is 0 Å². The van der Waals surface area contributed by atoms with Gasteiger partial charge < -0.3 is 10.5 Å². The first-order valence-corrected chi connectivity index (χ1v) is 7.50. The molecule has 1 atom stereocenters. The van der Waals surface area contributed by atoms with E-state index in [2.05, 4.69) is 15.3 Å². The van der Waals surface area contributed by atoms with Crippen LogP contribution >= 0.6 is 23.7 Å². The molecule has 0 spiro atoms. The number of nitrogens with zero attached hydrogens (tertiary/aromatic N) is 2. The maximum Gasteiger partial charge on any atom is 0.323 e. The highest BCUT2D eigenvalue weighted by Crippen LogP contribution is 2.14. The fourth-order valence-corrected chi connectivity index (χ4v) is 2.47. The summed E-state index contributed by atoms with van der Waals surface area (Å²) < 4.78 is 5.10. The van der Waals surface area contributed by atoms with Crippen LogP contribution in [0.4, 0.5) is 5.13 Å². The van der Waals surface area contributed by atoms with Crippen LogP contribution in [0.5, 0.6) is 0 Å². The number of pyridine rings is 1. The lowest BCUT2D eigenvalue weighted by molar-refractivity contribution is -0.145. The van der Waals surface area contributed by atoms with E-state index in [9.17, 15) is 4.79 Å². The Kier molecular flexibility index (Phi) is 7.79. The molecule has 0 aromatic carbocycles. The van der Waals surface area contributed by atoms with Gasteiger partial charge >= 0.3 is 5.97 Å². The van der Waals surface area contributed by atoms with Crippen LogP contribution in [0.2, 0.25) is 0 Å². The molecule has 2 aromatic rings. The summed E-state index contributed by atoms with van der Waals surface area (Å²) in [6.45, 7) is 2.66. The number of ether oxygens (including phenoxy) is 1. The summed E-state index contributed by atoms with van der Waals surface area (Å²) in [7, 11) is 0. The zero-order valence-corrected chi connectivity index (χ0v) is 13.8. The zero-order valence-electron chi connectivity index (χ0n) is 12.2. The van der Waals surface area contributed by atoms with E-state index in [0.717, 1.165) is 10.6 Å². The fourth-order valence-electron chi connectivity index (χ4n) is 1.84. The minimum atomic E-state index is -0.442. The van der Waals surface area contributed by atoms with Crippen molar-refractivity contribution < 1.29 is 9.53 Å². The van der Waals surface area contributed by atoms with Crippen LogP contribution in [0.15, 0.2) is 30.6 Å². The Morgan fingerprint density at radius 1 is 1.45 bits per heavy atom. The van der Waals surface area contributed by atoms with Crippen LogP contribution < -0.4 is 11.1 Å². The summed E-state index contributed by atoms with van der Waals surface area (Å²) in [5.74, 6) is -0.277. The SMILES string of the molecule is CCOC(=O)C(Cc1ccccn1)NCc1cnc(N)s1.Cl. The number of aromatic nitrogens is 2. The Morgan fingerprint density at radius 2 is 2.27 bits per heavy atom. The van der Waals surface area contributed by atoms with Gasteiger partial charge in [0, 0.05) is 35.9 Å². The third-order valence-electron chi connectivity index (χ3n) is 2.80. The van der Waals surface area contributed by atoms with Gasteiger partial charge in [0.15, 0.2) is 5.13 Å². The lowest BCUT2D eigenvalue weighted by Crippen LogP contribution is -2.39. The van der Waals surface area contributed by atoms with Crippen LogP contribution in [0, 0.1) is 0 Å². The Hall–Kier alpha value is -1.70. The molecule has 1 unspecified atom stereocenters. The number of hydrogen-bond acceptors (Lipinski definition) is 7. The van der Waals surface area contributed by atoms with Crippen molar-refractivity contribution >= 4 is 34.8 Å². The number of carbonyl (C=O) groups excluding carboxylic acids is 1. The number of esters is 1. The minimum Gasteiger partial charge on any atom is -0.465 e. The van der Waals surface area contributed by atoms with E-state index >= 15 is 0 Å². The summed E-state index contributed by atoms with van der Waals surface area (Å²) in [6.07, 6.45) is 3.89. The lowest BCUT2D eigenvalue weighted by Gasteiger charge is -2.16. The fraction of sp³-hybridized carbons (Fsp3) is 0.357. The largest absolute Gasteiger partial charge is 0.465 e. The molecule has 0 bridgehead atoms. The number of nitrogen functional groups attached to an aromatic ring is 1. The average Bonchev–Trinajstić information content (AvgIpc) is 2.90. The second-order valence-electron chi connectivity index (χ2n) is 4.38. The van der Waals surface area contributed by atoms with Crippen LogP contribution in [-0.4, -0.2) is 28.6 Å². The zero-order chi connectivity index (χ0) is 15.1. The molecule has 3 N–H and O–H groups in total. The van der Waals surface area contributed by atoms with E-state index in [-0.39, 0.29) is 18.4 Å². The molecule has 8 heteroatoms. The summed E-state index contributed by atoms with van der Waals surface area (Å²) in [4.78, 5) is 21.2. The van der Waals surface area contributed by atoms with Gasteiger partial charge in [-0.2, -0.15) is 0 Å². The number of carbonyl (C=O) groups is 1. The lowest BCUT2D eigenvalue weighted by atomic mass is 10.1. The van der Waals surface area contributed by atoms with E-state index in [4.69, 9.17) is 10.5 Å². The van der Waals surface area contributed by atoms with Crippen LogP contribution in [0.25, 0.3) is 0 Å². The number of nitrogens with two attached hydrogens (primary N) is 1. The average molecular weight is 343 g/mol. The van der Waals surface area contributed by atoms with Gasteiger partial charge in [0.1, 0.15) is 6.04 Å². The predicted molar refractivity (Wildman–Crippen MR) is 89.0 cm³/mol. The van der Waals surface area contributed by atoms with Gasteiger partial charge in [-0.15, -0.1) is 23.7 Å². The smallest absolute Gasteiger partial charge is 0.323 e. The molecule has 6 nitrogen and oxygen atoms in total. The van der Waals surface area contributed by atoms with E-state index in [1.54, 1.807) is 19.3 Å². The van der Waals surface area contributed by atoms with Crippen molar-refractivity contribution in [2.75, 3.05) is 12.3 Å². The van der Waals surface area contributed by atoms with Gasteiger partial charge in [-0.05, 0) is 19.1 Å². The maximum atomic E-state index is 12.0. The topological polar surface area (TPSA) is 90.1 Å². The van der Waals surface area contributed by atoms with E-state index in [1.807, 2.05) is 18.2 Å². The number of rotatable bonds is 7. The summed E-state index contributed by atoms with van der Waals surface area (Å²) in [5.41, 5.74) is 6.43. The van der Waals surface area contributed by atoms with E-state index in [1.165, 1.54) is 11.3 Å². The highest BCUT2D eigenvalue weighted by molar-refractivity contribution is 7.15.